The van der Waals surface area contributed by atoms with Crippen LogP contribution in [0.5, 0.6) is 0 Å². The van der Waals surface area contributed by atoms with Crippen molar-refractivity contribution in [2.45, 2.75) is 34.2 Å². The van der Waals surface area contributed by atoms with Gasteiger partial charge in [0.05, 0.1) is 23.6 Å². The van der Waals surface area contributed by atoms with Crippen molar-refractivity contribution in [3.05, 3.63) is 80.9 Å². The van der Waals surface area contributed by atoms with Crippen molar-refractivity contribution in [3.63, 3.8) is 0 Å². The van der Waals surface area contributed by atoms with Gasteiger partial charge in [-0.3, -0.25) is 9.48 Å². The van der Waals surface area contributed by atoms with Crippen molar-refractivity contribution in [2.24, 2.45) is 0 Å². The molecule has 0 saturated heterocycles. The second-order valence-corrected chi connectivity index (χ2v) is 7.06. The number of halogens is 2. The number of aryl methyl sites for hydroxylation is 3. The summed E-state index contributed by atoms with van der Waals surface area (Å²) >= 11 is 6.12. The zero-order valence-corrected chi connectivity index (χ0v) is 16.5. The fourth-order valence-electron chi connectivity index (χ4n) is 2.93. The first kappa shape index (κ1) is 19.1. The molecule has 0 bridgehead atoms. The number of nitrogens with one attached hydrogen (secondary N) is 1. The third-order valence-corrected chi connectivity index (χ3v) is 5.11. The predicted molar refractivity (Wildman–Crippen MR) is 106 cm³/mol. The van der Waals surface area contributed by atoms with E-state index < -0.39 is 0 Å². The number of hydrogen-bond acceptors (Lipinski definition) is 2. The highest BCUT2D eigenvalue weighted by molar-refractivity contribution is 6.31. The molecule has 0 saturated carbocycles. The van der Waals surface area contributed by atoms with Gasteiger partial charge in [0.25, 0.3) is 5.91 Å². The predicted octanol–water partition coefficient (Wildman–Crippen LogP) is 5.21. The number of rotatable bonds is 4. The molecule has 0 aliphatic rings. The topological polar surface area (TPSA) is 46.9 Å². The lowest BCUT2D eigenvalue weighted by atomic mass is 10.1. The molecule has 2 aromatic carbocycles. The van der Waals surface area contributed by atoms with Crippen LogP contribution in [0.25, 0.3) is 0 Å². The minimum absolute atomic E-state index is 0.192. The first-order valence-corrected chi connectivity index (χ1v) is 9.01. The number of carbonyl (C=O) groups excluding carboxylic acids is 1. The van der Waals surface area contributed by atoms with Crippen LogP contribution in [0.1, 0.15) is 38.4 Å². The van der Waals surface area contributed by atoms with Crippen LogP contribution in [0.2, 0.25) is 5.02 Å². The maximum Gasteiger partial charge on any atom is 0.255 e. The molecule has 27 heavy (non-hydrogen) atoms. The Balaban J connectivity index is 1.87. The molecule has 0 aliphatic heterocycles. The molecular weight excluding hydrogens is 365 g/mol. The fraction of sp³-hybridized carbons (Fsp3) is 0.238. The Labute approximate surface area is 163 Å². The molecule has 0 aliphatic carbocycles. The van der Waals surface area contributed by atoms with Gasteiger partial charge in [-0.1, -0.05) is 23.7 Å². The van der Waals surface area contributed by atoms with E-state index in [-0.39, 0.29) is 18.3 Å². The van der Waals surface area contributed by atoms with Gasteiger partial charge in [0.15, 0.2) is 0 Å². The van der Waals surface area contributed by atoms with Crippen LogP contribution in [0.3, 0.4) is 0 Å². The van der Waals surface area contributed by atoms with Gasteiger partial charge in [-0.2, -0.15) is 5.10 Å². The van der Waals surface area contributed by atoms with Gasteiger partial charge < -0.3 is 5.32 Å². The molecule has 0 atom stereocenters. The van der Waals surface area contributed by atoms with Crippen LogP contribution in [0, 0.1) is 33.5 Å². The van der Waals surface area contributed by atoms with Crippen LogP contribution >= 0.6 is 11.6 Å². The first-order valence-electron chi connectivity index (χ1n) is 8.63. The Morgan fingerprint density at radius 3 is 2.56 bits per heavy atom. The van der Waals surface area contributed by atoms with E-state index in [1.807, 2.05) is 39.8 Å². The molecule has 3 rings (SSSR count). The first-order chi connectivity index (χ1) is 12.8. The molecule has 6 heteroatoms. The van der Waals surface area contributed by atoms with Crippen LogP contribution in [-0.4, -0.2) is 15.7 Å². The fourth-order valence-corrected chi connectivity index (χ4v) is 3.16. The number of hydrogen-bond donors (Lipinski definition) is 1. The van der Waals surface area contributed by atoms with Gasteiger partial charge in [-0.25, -0.2) is 4.39 Å². The van der Waals surface area contributed by atoms with Crippen molar-refractivity contribution < 1.29 is 9.18 Å². The smallest absolute Gasteiger partial charge is 0.255 e. The summed E-state index contributed by atoms with van der Waals surface area (Å²) in [5.41, 5.74) is 5.18. The highest BCUT2D eigenvalue weighted by Crippen LogP contribution is 2.25. The zero-order chi connectivity index (χ0) is 19.7. The molecule has 1 N–H and O–H groups in total. The van der Waals surface area contributed by atoms with Crippen molar-refractivity contribution in [3.8, 4) is 0 Å². The van der Waals surface area contributed by atoms with Gasteiger partial charge in [0.1, 0.15) is 5.82 Å². The highest BCUT2D eigenvalue weighted by Gasteiger charge is 2.17. The van der Waals surface area contributed by atoms with E-state index in [0.717, 1.165) is 16.8 Å². The largest absolute Gasteiger partial charge is 0.319 e. The van der Waals surface area contributed by atoms with E-state index in [9.17, 15) is 9.18 Å². The van der Waals surface area contributed by atoms with E-state index >= 15 is 0 Å². The van der Waals surface area contributed by atoms with Crippen LogP contribution < -0.4 is 5.32 Å². The standard InChI is InChI=1S/C21H21ClFN3O/c1-12-8-9-16(10-13(12)2)21(27)24-20-14(3)25-26(15(20)4)11-17-18(22)6-5-7-19(17)23/h5-10H,11H2,1-4H3,(H,24,27). The summed E-state index contributed by atoms with van der Waals surface area (Å²) in [6.45, 7) is 7.81. The maximum atomic E-state index is 14.1. The monoisotopic (exact) mass is 385 g/mol. The van der Waals surface area contributed by atoms with E-state index in [1.54, 1.807) is 22.9 Å². The molecule has 140 valence electrons. The van der Waals surface area contributed by atoms with Gasteiger partial charge >= 0.3 is 0 Å². The average Bonchev–Trinajstić information content (AvgIpc) is 2.88. The normalized spacial score (nSPS) is 10.9. The van der Waals surface area contributed by atoms with E-state index in [0.29, 0.717) is 27.5 Å². The number of amides is 1. The molecule has 1 amide bonds. The van der Waals surface area contributed by atoms with E-state index in [4.69, 9.17) is 11.6 Å². The Hall–Kier alpha value is -2.66. The Morgan fingerprint density at radius 1 is 1.15 bits per heavy atom. The van der Waals surface area contributed by atoms with Crippen molar-refractivity contribution >= 4 is 23.2 Å². The molecular formula is C21H21ClFN3O. The van der Waals surface area contributed by atoms with Crippen molar-refractivity contribution in [1.82, 2.24) is 9.78 Å². The summed E-state index contributed by atoms with van der Waals surface area (Å²) in [6, 6.07) is 10.2. The summed E-state index contributed by atoms with van der Waals surface area (Å²) in [7, 11) is 0. The van der Waals surface area contributed by atoms with Crippen molar-refractivity contribution in [1.29, 1.82) is 0 Å². The summed E-state index contributed by atoms with van der Waals surface area (Å²) in [6.07, 6.45) is 0. The lowest BCUT2D eigenvalue weighted by Gasteiger charge is -2.10. The van der Waals surface area contributed by atoms with Crippen LogP contribution in [0.4, 0.5) is 10.1 Å². The molecule has 0 radical (unpaired) electrons. The second-order valence-electron chi connectivity index (χ2n) is 6.66. The van der Waals surface area contributed by atoms with E-state index in [1.165, 1.54) is 6.07 Å². The molecule has 0 fully saturated rings. The Morgan fingerprint density at radius 2 is 1.89 bits per heavy atom. The third-order valence-electron chi connectivity index (χ3n) is 4.76. The summed E-state index contributed by atoms with van der Waals surface area (Å²) in [5, 5.41) is 7.72. The minimum atomic E-state index is -0.379. The Kier molecular flexibility index (Phi) is 5.33. The third kappa shape index (κ3) is 3.88. The second kappa shape index (κ2) is 7.53. The summed E-state index contributed by atoms with van der Waals surface area (Å²) < 4.78 is 15.7. The molecule has 4 nitrogen and oxygen atoms in total. The lowest BCUT2D eigenvalue weighted by molar-refractivity contribution is 0.102. The van der Waals surface area contributed by atoms with E-state index in [2.05, 4.69) is 10.4 Å². The van der Waals surface area contributed by atoms with Gasteiger partial charge in [0, 0.05) is 16.1 Å². The SMILES string of the molecule is Cc1ccc(C(=O)Nc2c(C)nn(Cc3c(F)cccc3Cl)c2C)cc1C. The lowest BCUT2D eigenvalue weighted by Crippen LogP contribution is -2.14. The Bertz CT molecular complexity index is 1010. The van der Waals surface area contributed by atoms with Gasteiger partial charge in [-0.05, 0) is 63.1 Å². The quantitative estimate of drug-likeness (QED) is 0.670. The molecule has 0 unspecified atom stereocenters. The molecule has 3 aromatic rings. The highest BCUT2D eigenvalue weighted by atomic mass is 35.5. The number of aromatic nitrogens is 2. The molecule has 1 heterocycles. The maximum absolute atomic E-state index is 14.1. The number of benzene rings is 2. The number of nitrogens with zero attached hydrogens (tertiary/aromatic N) is 2. The zero-order valence-electron chi connectivity index (χ0n) is 15.7. The van der Waals surface area contributed by atoms with Crippen LogP contribution in [-0.2, 0) is 6.54 Å². The van der Waals surface area contributed by atoms with Crippen molar-refractivity contribution in [2.75, 3.05) is 5.32 Å². The number of anilines is 1. The summed E-state index contributed by atoms with van der Waals surface area (Å²) in [4.78, 5) is 12.6. The summed E-state index contributed by atoms with van der Waals surface area (Å²) in [5.74, 6) is -0.580. The van der Waals surface area contributed by atoms with Gasteiger partial charge in [0.2, 0.25) is 0 Å². The van der Waals surface area contributed by atoms with Crippen LogP contribution in [0.15, 0.2) is 36.4 Å². The average molecular weight is 386 g/mol. The van der Waals surface area contributed by atoms with Gasteiger partial charge in [-0.15, -0.1) is 0 Å². The number of carbonyl (C=O) groups is 1. The minimum Gasteiger partial charge on any atom is -0.319 e. The molecule has 1 aromatic heterocycles. The molecule has 0 spiro atoms.